The van der Waals surface area contributed by atoms with Gasteiger partial charge in [0, 0.05) is 18.6 Å². The normalized spacial score (nSPS) is 21.6. The molecule has 0 aliphatic heterocycles. The van der Waals surface area contributed by atoms with Gasteiger partial charge in [-0.3, -0.25) is 9.69 Å². The number of hydrogen-bond donors (Lipinski definition) is 0. The fraction of sp³-hybridized carbons (Fsp3) is 0.536. The van der Waals surface area contributed by atoms with Gasteiger partial charge in [0.05, 0.1) is 20.1 Å². The van der Waals surface area contributed by atoms with Crippen molar-refractivity contribution in [2.75, 3.05) is 14.2 Å². The van der Waals surface area contributed by atoms with E-state index < -0.39 is 5.60 Å². The van der Waals surface area contributed by atoms with Gasteiger partial charge in [0.15, 0.2) is 11.5 Å². The van der Waals surface area contributed by atoms with E-state index in [-0.39, 0.29) is 24.0 Å². The molecule has 0 saturated heterocycles. The van der Waals surface area contributed by atoms with E-state index in [1.807, 2.05) is 39.0 Å². The number of nitrogens with zero attached hydrogens (tertiary/aromatic N) is 1. The number of carbonyl (C=O) groups is 1. The molecule has 0 spiro atoms. The van der Waals surface area contributed by atoms with Crippen molar-refractivity contribution >= 4 is 5.97 Å². The van der Waals surface area contributed by atoms with Crippen molar-refractivity contribution in [3.05, 3.63) is 59.7 Å². The fourth-order valence-electron chi connectivity index (χ4n) is 4.99. The maximum atomic E-state index is 13.2. The molecule has 0 heterocycles. The van der Waals surface area contributed by atoms with E-state index in [1.54, 1.807) is 14.2 Å². The number of benzene rings is 2. The van der Waals surface area contributed by atoms with Crippen LogP contribution in [0.4, 0.5) is 0 Å². The Balaban J connectivity index is 1.98. The highest BCUT2D eigenvalue weighted by Crippen LogP contribution is 2.41. The Labute approximate surface area is 199 Å². The zero-order valence-electron chi connectivity index (χ0n) is 21.1. The molecule has 5 heteroatoms. The molecule has 0 amide bonds. The Kier molecular flexibility index (Phi) is 8.06. The van der Waals surface area contributed by atoms with E-state index in [0.717, 1.165) is 18.4 Å². The fourth-order valence-corrected chi connectivity index (χ4v) is 4.99. The quantitative estimate of drug-likeness (QED) is 0.457. The number of ether oxygens (including phenoxy) is 3. The van der Waals surface area contributed by atoms with Gasteiger partial charge in [0.25, 0.3) is 0 Å². The number of rotatable bonds is 8. The molecule has 3 rings (SSSR count). The minimum atomic E-state index is -0.493. The Morgan fingerprint density at radius 1 is 1.03 bits per heavy atom. The van der Waals surface area contributed by atoms with Crippen LogP contribution in [0, 0.1) is 11.8 Å². The average Bonchev–Trinajstić information content (AvgIpc) is 3.17. The van der Waals surface area contributed by atoms with Crippen LogP contribution in [0.3, 0.4) is 0 Å². The van der Waals surface area contributed by atoms with Crippen LogP contribution in [0.5, 0.6) is 11.5 Å². The first kappa shape index (κ1) is 25.1. The Hall–Kier alpha value is -2.53. The summed E-state index contributed by atoms with van der Waals surface area (Å²) < 4.78 is 16.8. The first-order valence-electron chi connectivity index (χ1n) is 11.9. The molecular weight excluding hydrogens is 414 g/mol. The molecule has 1 fully saturated rings. The van der Waals surface area contributed by atoms with E-state index in [4.69, 9.17) is 14.2 Å². The molecule has 0 unspecified atom stereocenters. The molecule has 2 aromatic rings. The topological polar surface area (TPSA) is 48.0 Å². The van der Waals surface area contributed by atoms with Gasteiger partial charge in [0.1, 0.15) is 5.60 Å². The largest absolute Gasteiger partial charge is 0.493 e. The monoisotopic (exact) mass is 453 g/mol. The summed E-state index contributed by atoms with van der Waals surface area (Å²) in [7, 11) is 3.30. The maximum absolute atomic E-state index is 13.2. The first-order valence-corrected chi connectivity index (χ1v) is 11.9. The number of carbonyl (C=O) groups excluding carboxylic acids is 1. The second-order valence-electron chi connectivity index (χ2n) is 10.1. The SMILES string of the molecule is COc1ccc(CN([C@@H]2[C@H](C)CC[C@@H]2C(=O)OC(C)(C)C)[C@H](C)c2ccccc2)cc1OC. The molecular formula is C28H39NO4. The van der Waals surface area contributed by atoms with Crippen molar-refractivity contribution in [2.45, 2.75) is 71.7 Å². The molecule has 5 nitrogen and oxygen atoms in total. The van der Waals surface area contributed by atoms with Crippen LogP contribution in [0.15, 0.2) is 48.5 Å². The highest BCUT2D eigenvalue weighted by Gasteiger charge is 2.44. The lowest BCUT2D eigenvalue weighted by Crippen LogP contribution is -2.46. The minimum absolute atomic E-state index is 0.0863. The molecule has 0 aromatic heterocycles. The van der Waals surface area contributed by atoms with Crippen LogP contribution in [0.1, 0.15) is 64.6 Å². The molecule has 33 heavy (non-hydrogen) atoms. The molecule has 2 aromatic carbocycles. The molecule has 1 aliphatic rings. The zero-order valence-corrected chi connectivity index (χ0v) is 21.1. The lowest BCUT2D eigenvalue weighted by molar-refractivity contribution is -0.162. The number of esters is 1. The molecule has 1 saturated carbocycles. The van der Waals surface area contributed by atoms with E-state index >= 15 is 0 Å². The van der Waals surface area contributed by atoms with Gasteiger partial charge in [-0.15, -0.1) is 0 Å². The van der Waals surface area contributed by atoms with Gasteiger partial charge in [-0.1, -0.05) is 43.3 Å². The summed E-state index contributed by atoms with van der Waals surface area (Å²) in [6.07, 6.45) is 1.86. The van der Waals surface area contributed by atoms with Gasteiger partial charge in [-0.25, -0.2) is 0 Å². The van der Waals surface area contributed by atoms with Gasteiger partial charge in [0.2, 0.25) is 0 Å². The summed E-state index contributed by atoms with van der Waals surface area (Å²) in [5, 5.41) is 0. The van der Waals surface area contributed by atoms with Crippen LogP contribution in [-0.2, 0) is 16.1 Å². The second kappa shape index (κ2) is 10.6. The minimum Gasteiger partial charge on any atom is -0.493 e. The van der Waals surface area contributed by atoms with Gasteiger partial charge in [-0.2, -0.15) is 0 Å². The molecule has 180 valence electrons. The molecule has 0 bridgehead atoms. The summed E-state index contributed by atoms with van der Waals surface area (Å²) in [5.41, 5.74) is 1.87. The predicted octanol–water partition coefficient (Wildman–Crippen LogP) is 6.02. The summed E-state index contributed by atoms with van der Waals surface area (Å²) in [5.74, 6) is 1.57. The van der Waals surface area contributed by atoms with E-state index in [1.165, 1.54) is 5.56 Å². The van der Waals surface area contributed by atoms with Crippen molar-refractivity contribution in [3.63, 3.8) is 0 Å². The summed E-state index contributed by atoms with van der Waals surface area (Å²) in [4.78, 5) is 15.7. The predicted molar refractivity (Wildman–Crippen MR) is 131 cm³/mol. The summed E-state index contributed by atoms with van der Waals surface area (Å²) in [6, 6.07) is 16.8. The number of hydrogen-bond acceptors (Lipinski definition) is 5. The van der Waals surface area contributed by atoms with Crippen molar-refractivity contribution in [1.29, 1.82) is 0 Å². The van der Waals surface area contributed by atoms with E-state index in [2.05, 4.69) is 49.1 Å². The van der Waals surface area contributed by atoms with Crippen molar-refractivity contribution in [2.24, 2.45) is 11.8 Å². The Morgan fingerprint density at radius 3 is 2.30 bits per heavy atom. The summed E-state index contributed by atoms with van der Waals surface area (Å²) in [6.45, 7) is 11.0. The third-order valence-corrected chi connectivity index (χ3v) is 6.61. The van der Waals surface area contributed by atoms with Crippen LogP contribution >= 0.6 is 0 Å². The van der Waals surface area contributed by atoms with Crippen molar-refractivity contribution in [1.82, 2.24) is 4.90 Å². The molecule has 0 radical (unpaired) electrons. The zero-order chi connectivity index (χ0) is 24.2. The molecule has 0 N–H and O–H groups in total. The van der Waals surface area contributed by atoms with Gasteiger partial charge in [-0.05, 0) is 69.7 Å². The standard InChI is InChI=1S/C28H39NO4/c1-19-13-15-23(27(30)33-28(3,4)5)26(19)29(20(2)22-11-9-8-10-12-22)18-21-14-16-24(31-6)25(17-21)32-7/h8-12,14,16-17,19-20,23,26H,13,15,18H2,1-7H3/t19-,20-,23+,26-/m1/s1. The average molecular weight is 454 g/mol. The van der Waals surface area contributed by atoms with Gasteiger partial charge >= 0.3 is 5.97 Å². The lowest BCUT2D eigenvalue weighted by atomic mass is 9.92. The first-order chi connectivity index (χ1) is 15.6. The second-order valence-corrected chi connectivity index (χ2v) is 10.1. The maximum Gasteiger partial charge on any atom is 0.311 e. The smallest absolute Gasteiger partial charge is 0.311 e. The third-order valence-electron chi connectivity index (χ3n) is 6.61. The van der Waals surface area contributed by atoms with Crippen LogP contribution < -0.4 is 9.47 Å². The van der Waals surface area contributed by atoms with Gasteiger partial charge < -0.3 is 14.2 Å². The highest BCUT2D eigenvalue weighted by molar-refractivity contribution is 5.74. The van der Waals surface area contributed by atoms with Crippen molar-refractivity contribution < 1.29 is 19.0 Å². The van der Waals surface area contributed by atoms with Crippen LogP contribution in [0.2, 0.25) is 0 Å². The third kappa shape index (κ3) is 6.08. The molecule has 1 aliphatic carbocycles. The summed E-state index contributed by atoms with van der Waals surface area (Å²) >= 11 is 0. The van der Waals surface area contributed by atoms with Crippen LogP contribution in [0.25, 0.3) is 0 Å². The van der Waals surface area contributed by atoms with E-state index in [9.17, 15) is 4.79 Å². The van der Waals surface area contributed by atoms with Crippen LogP contribution in [-0.4, -0.2) is 36.7 Å². The highest BCUT2D eigenvalue weighted by atomic mass is 16.6. The molecule has 4 atom stereocenters. The number of methoxy groups -OCH3 is 2. The Morgan fingerprint density at radius 2 is 1.70 bits per heavy atom. The van der Waals surface area contributed by atoms with Crippen molar-refractivity contribution in [3.8, 4) is 11.5 Å². The Bertz CT molecular complexity index is 921. The lowest BCUT2D eigenvalue weighted by Gasteiger charge is -2.40. The van der Waals surface area contributed by atoms with E-state index in [0.29, 0.717) is 24.0 Å².